The summed E-state index contributed by atoms with van der Waals surface area (Å²) in [5.74, 6) is -3.11. The summed E-state index contributed by atoms with van der Waals surface area (Å²) in [6.07, 6.45) is -7.95. The largest absolute Gasteiger partial charge is 0.508 e. The standard InChI is InChI=1S/C32H30O13/c33-19-8-6-18(7-9-19)22-15-42-23-14-20(10-11-21(23)25(22)34)44-32-29(41-13-12-17-4-2-1-3-5-17)27(36)26(35)24(45-32)16-43-31(40)28(37)30(38)39/h1-11,14-15,24,26-29,32-33,35-37H,12-13,16H2,(H,38,39). The van der Waals surface area contributed by atoms with Crippen LogP contribution < -0.4 is 10.2 Å². The van der Waals surface area contributed by atoms with E-state index in [0.29, 0.717) is 12.0 Å². The summed E-state index contributed by atoms with van der Waals surface area (Å²) in [4.78, 5) is 35.9. The molecule has 0 spiro atoms. The minimum atomic E-state index is -2.45. The summed E-state index contributed by atoms with van der Waals surface area (Å²) in [7, 11) is 0. The van der Waals surface area contributed by atoms with Gasteiger partial charge in [-0.1, -0.05) is 42.5 Å². The Bertz CT molecular complexity index is 1690. The van der Waals surface area contributed by atoms with Gasteiger partial charge in [-0.25, -0.2) is 9.59 Å². The van der Waals surface area contributed by atoms with Crippen molar-refractivity contribution in [1.29, 1.82) is 0 Å². The lowest BCUT2D eigenvalue weighted by atomic mass is 9.99. The SMILES string of the molecule is O=C(O)C(O)C(=O)OCC1OC(Oc2ccc3c(=O)c(-c4ccc(O)cc4)coc3c2)C(OCCc2ccccc2)C(O)C1O. The summed E-state index contributed by atoms with van der Waals surface area (Å²) in [5.41, 5.74) is 1.63. The van der Waals surface area contributed by atoms with Crippen molar-refractivity contribution in [2.24, 2.45) is 0 Å². The normalized spacial score (nSPS) is 22.1. The van der Waals surface area contributed by atoms with Crippen LogP contribution in [0.2, 0.25) is 0 Å². The molecule has 5 N–H and O–H groups in total. The molecule has 0 radical (unpaired) electrons. The molecule has 3 aromatic carbocycles. The number of phenolic OH excluding ortho intramolecular Hbond substituents is 1. The maximum absolute atomic E-state index is 13.2. The molecule has 4 aromatic rings. The number of fused-ring (bicyclic) bond motifs is 1. The number of carboxylic acids is 1. The molecule has 13 nitrogen and oxygen atoms in total. The Morgan fingerprint density at radius 3 is 2.40 bits per heavy atom. The molecule has 13 heteroatoms. The Labute approximate surface area is 255 Å². The summed E-state index contributed by atoms with van der Waals surface area (Å²) in [6, 6.07) is 19.8. The van der Waals surface area contributed by atoms with Crippen LogP contribution in [0.1, 0.15) is 5.56 Å². The van der Waals surface area contributed by atoms with Crippen LogP contribution >= 0.6 is 0 Å². The maximum Gasteiger partial charge on any atom is 0.346 e. The molecule has 0 amide bonds. The van der Waals surface area contributed by atoms with E-state index in [-0.39, 0.29) is 40.1 Å². The quantitative estimate of drug-likeness (QED) is 0.119. The lowest BCUT2D eigenvalue weighted by molar-refractivity contribution is -0.288. The van der Waals surface area contributed by atoms with Gasteiger partial charge in [0.25, 0.3) is 0 Å². The third-order valence-electron chi connectivity index (χ3n) is 7.21. The van der Waals surface area contributed by atoms with E-state index in [1.165, 1.54) is 36.6 Å². The number of aliphatic carboxylic acids is 1. The molecule has 6 atom stereocenters. The smallest absolute Gasteiger partial charge is 0.346 e. The lowest BCUT2D eigenvalue weighted by Gasteiger charge is -2.42. The van der Waals surface area contributed by atoms with Crippen molar-refractivity contribution < 1.29 is 58.5 Å². The van der Waals surface area contributed by atoms with Crippen molar-refractivity contribution in [3.8, 4) is 22.6 Å². The predicted octanol–water partition coefficient (Wildman–Crippen LogP) is 1.61. The van der Waals surface area contributed by atoms with Gasteiger partial charge in [-0.05, 0) is 41.8 Å². The number of hydrogen-bond donors (Lipinski definition) is 5. The topological polar surface area (TPSA) is 202 Å². The van der Waals surface area contributed by atoms with Crippen molar-refractivity contribution in [1.82, 2.24) is 0 Å². The fraction of sp³-hybridized carbons (Fsp3) is 0.281. The molecule has 236 valence electrons. The van der Waals surface area contributed by atoms with E-state index in [0.717, 1.165) is 5.56 Å². The van der Waals surface area contributed by atoms with Gasteiger partial charge in [-0.2, -0.15) is 0 Å². The van der Waals surface area contributed by atoms with E-state index in [4.69, 9.17) is 28.5 Å². The van der Waals surface area contributed by atoms with Crippen molar-refractivity contribution in [3.63, 3.8) is 0 Å². The van der Waals surface area contributed by atoms with Gasteiger partial charge in [0.15, 0.2) is 5.43 Å². The van der Waals surface area contributed by atoms with E-state index < -0.39 is 55.4 Å². The monoisotopic (exact) mass is 622 g/mol. The Balaban J connectivity index is 1.36. The predicted molar refractivity (Wildman–Crippen MR) is 155 cm³/mol. The molecule has 5 rings (SSSR count). The van der Waals surface area contributed by atoms with Gasteiger partial charge < -0.3 is 48.9 Å². The van der Waals surface area contributed by atoms with Gasteiger partial charge in [-0.3, -0.25) is 4.79 Å². The second-order valence-corrected chi connectivity index (χ2v) is 10.3. The number of benzene rings is 3. The van der Waals surface area contributed by atoms with Crippen molar-refractivity contribution in [3.05, 3.63) is 94.8 Å². The average molecular weight is 623 g/mol. The highest BCUT2D eigenvalue weighted by Gasteiger charge is 2.47. The second-order valence-electron chi connectivity index (χ2n) is 10.3. The number of ether oxygens (including phenoxy) is 4. The Morgan fingerprint density at radius 1 is 0.956 bits per heavy atom. The average Bonchev–Trinajstić information content (AvgIpc) is 3.04. The van der Waals surface area contributed by atoms with Gasteiger partial charge in [0.2, 0.25) is 12.4 Å². The fourth-order valence-electron chi connectivity index (χ4n) is 4.77. The number of phenols is 1. The zero-order chi connectivity index (χ0) is 32.1. The molecule has 0 saturated carbocycles. The van der Waals surface area contributed by atoms with E-state index in [1.54, 1.807) is 12.1 Å². The van der Waals surface area contributed by atoms with Gasteiger partial charge in [-0.15, -0.1) is 0 Å². The van der Waals surface area contributed by atoms with Crippen LogP contribution in [0.15, 0.2) is 88.3 Å². The minimum absolute atomic E-state index is 0.0499. The summed E-state index contributed by atoms with van der Waals surface area (Å²) < 4.78 is 28.2. The molecule has 1 fully saturated rings. The number of rotatable bonds is 11. The number of aromatic hydroxyl groups is 1. The molecule has 45 heavy (non-hydrogen) atoms. The Hall–Kier alpha value is -4.79. The van der Waals surface area contributed by atoms with E-state index in [2.05, 4.69) is 0 Å². The van der Waals surface area contributed by atoms with Crippen LogP contribution in [0, 0.1) is 0 Å². The van der Waals surface area contributed by atoms with Gasteiger partial charge in [0.05, 0.1) is 17.6 Å². The van der Waals surface area contributed by atoms with E-state index >= 15 is 0 Å². The highest BCUT2D eigenvalue weighted by Crippen LogP contribution is 2.29. The molecule has 0 aliphatic carbocycles. The molecule has 6 unspecified atom stereocenters. The number of carboxylic acid groups (broad SMARTS) is 1. The van der Waals surface area contributed by atoms with Gasteiger partial charge in [0, 0.05) is 6.07 Å². The molecule has 1 aliphatic heterocycles. The third-order valence-corrected chi connectivity index (χ3v) is 7.21. The van der Waals surface area contributed by atoms with Gasteiger partial charge in [0.1, 0.15) is 54.4 Å². The Morgan fingerprint density at radius 2 is 1.69 bits per heavy atom. The zero-order valence-corrected chi connectivity index (χ0v) is 23.6. The highest BCUT2D eigenvalue weighted by molar-refractivity contribution is 5.96. The summed E-state index contributed by atoms with van der Waals surface area (Å²) >= 11 is 0. The molecule has 1 aliphatic rings. The highest BCUT2D eigenvalue weighted by atomic mass is 16.7. The Kier molecular flexibility index (Phi) is 9.76. The van der Waals surface area contributed by atoms with Crippen molar-refractivity contribution in [2.75, 3.05) is 13.2 Å². The number of carbonyl (C=O) groups excluding carboxylic acids is 1. The van der Waals surface area contributed by atoms with Crippen LogP contribution in [-0.4, -0.2) is 87.5 Å². The fourth-order valence-corrected chi connectivity index (χ4v) is 4.77. The van der Waals surface area contributed by atoms with Crippen LogP contribution in [0.25, 0.3) is 22.1 Å². The first-order chi connectivity index (χ1) is 21.6. The number of esters is 1. The van der Waals surface area contributed by atoms with Crippen LogP contribution in [0.4, 0.5) is 0 Å². The molecule has 0 bridgehead atoms. The number of hydrogen-bond acceptors (Lipinski definition) is 12. The summed E-state index contributed by atoms with van der Waals surface area (Å²) in [6.45, 7) is -0.608. The third kappa shape index (κ3) is 7.30. The molecule has 1 saturated heterocycles. The molecular formula is C32H30O13. The second kappa shape index (κ2) is 13.9. The summed E-state index contributed by atoms with van der Waals surface area (Å²) in [5, 5.41) is 49.7. The van der Waals surface area contributed by atoms with Crippen LogP contribution in [0.5, 0.6) is 11.5 Å². The molecule has 1 aromatic heterocycles. The minimum Gasteiger partial charge on any atom is -0.508 e. The van der Waals surface area contributed by atoms with E-state index in [1.807, 2.05) is 30.3 Å². The zero-order valence-electron chi connectivity index (χ0n) is 23.6. The first kappa shape index (κ1) is 31.6. The van der Waals surface area contributed by atoms with Crippen molar-refractivity contribution in [2.45, 2.75) is 43.2 Å². The number of carbonyl (C=O) groups is 2. The van der Waals surface area contributed by atoms with E-state index in [9.17, 15) is 34.8 Å². The molecule has 2 heterocycles. The lowest BCUT2D eigenvalue weighted by Crippen LogP contribution is -2.61. The first-order valence-electron chi connectivity index (χ1n) is 13.9. The molecular weight excluding hydrogens is 592 g/mol. The maximum atomic E-state index is 13.2. The van der Waals surface area contributed by atoms with Crippen molar-refractivity contribution >= 4 is 22.9 Å². The number of aliphatic hydroxyl groups is 3. The van der Waals surface area contributed by atoms with Gasteiger partial charge >= 0.3 is 11.9 Å². The number of aliphatic hydroxyl groups excluding tert-OH is 3. The van der Waals surface area contributed by atoms with Crippen LogP contribution in [-0.2, 0) is 30.2 Å². The first-order valence-corrected chi connectivity index (χ1v) is 13.9. The van der Waals surface area contributed by atoms with Crippen LogP contribution in [0.3, 0.4) is 0 Å².